The highest BCUT2D eigenvalue weighted by Gasteiger charge is 2.20. The largest absolute Gasteiger partial charge is 0.355 e. The second-order valence-electron chi connectivity index (χ2n) is 7.05. The predicted molar refractivity (Wildman–Crippen MR) is 110 cm³/mol. The van der Waals surface area contributed by atoms with Crippen molar-refractivity contribution in [2.45, 2.75) is 38.5 Å². The van der Waals surface area contributed by atoms with Gasteiger partial charge in [0.15, 0.2) is 0 Å². The minimum absolute atomic E-state index is 0.00782. The van der Waals surface area contributed by atoms with Crippen LogP contribution >= 0.6 is 11.3 Å². The van der Waals surface area contributed by atoms with Gasteiger partial charge >= 0.3 is 0 Å². The van der Waals surface area contributed by atoms with E-state index < -0.39 is 5.91 Å². The fourth-order valence-electron chi connectivity index (χ4n) is 3.29. The van der Waals surface area contributed by atoms with Gasteiger partial charge in [0.05, 0.1) is 4.88 Å². The fraction of sp³-hybridized carbons (Fsp3) is 0.381. The number of hydrogen-bond donors (Lipinski definition) is 3. The van der Waals surface area contributed by atoms with Gasteiger partial charge in [-0.15, -0.1) is 11.3 Å². The first-order valence-corrected chi connectivity index (χ1v) is 10.6. The number of rotatable bonds is 6. The van der Waals surface area contributed by atoms with E-state index in [0.717, 1.165) is 36.1 Å². The van der Waals surface area contributed by atoms with Crippen LogP contribution in [0.15, 0.2) is 36.4 Å². The number of halogens is 1. The minimum atomic E-state index is -0.428. The van der Waals surface area contributed by atoms with Crippen molar-refractivity contribution < 1.29 is 18.8 Å². The number of nitrogens with one attached hydrogen (secondary N) is 3. The third kappa shape index (κ3) is 6.12. The Morgan fingerprint density at radius 2 is 1.69 bits per heavy atom. The van der Waals surface area contributed by atoms with Crippen molar-refractivity contribution in [3.63, 3.8) is 0 Å². The molecule has 0 aliphatic heterocycles. The van der Waals surface area contributed by atoms with E-state index in [1.165, 1.54) is 29.9 Å². The molecule has 1 aromatic heterocycles. The summed E-state index contributed by atoms with van der Waals surface area (Å²) in [6, 6.07) is 9.44. The van der Waals surface area contributed by atoms with Gasteiger partial charge in [-0.05, 0) is 42.7 Å². The summed E-state index contributed by atoms with van der Waals surface area (Å²) in [5.74, 6) is -1.06. The van der Waals surface area contributed by atoms with Crippen LogP contribution in [0, 0.1) is 11.7 Å². The average molecular weight is 418 g/mol. The zero-order valence-electron chi connectivity index (χ0n) is 16.0. The standard InChI is InChI=1S/C21H24FN3O3S/c22-16-8-6-14(7-9-16)17-10-11-18(29-17)21(28)25-24-19(26)12-13-23-20(27)15-4-2-1-3-5-15/h6-11,15H,1-5,12-13H2,(H,23,27)(H,24,26)(H,25,28). The molecule has 0 unspecified atom stereocenters. The second-order valence-corrected chi connectivity index (χ2v) is 8.13. The molecule has 1 aliphatic carbocycles. The summed E-state index contributed by atoms with van der Waals surface area (Å²) in [5, 5.41) is 2.79. The van der Waals surface area contributed by atoms with E-state index in [4.69, 9.17) is 0 Å². The first kappa shape index (κ1) is 21.0. The van der Waals surface area contributed by atoms with Crippen molar-refractivity contribution >= 4 is 29.1 Å². The molecule has 1 aromatic carbocycles. The second kappa shape index (κ2) is 10.2. The summed E-state index contributed by atoms with van der Waals surface area (Å²) in [5.41, 5.74) is 5.54. The van der Waals surface area contributed by atoms with Gasteiger partial charge in [0.2, 0.25) is 11.8 Å². The van der Waals surface area contributed by atoms with E-state index in [2.05, 4.69) is 16.2 Å². The van der Waals surface area contributed by atoms with Crippen LogP contribution in [0.25, 0.3) is 10.4 Å². The van der Waals surface area contributed by atoms with E-state index in [9.17, 15) is 18.8 Å². The number of amides is 3. The lowest BCUT2D eigenvalue weighted by atomic mass is 9.89. The summed E-state index contributed by atoms with van der Waals surface area (Å²) >= 11 is 1.25. The van der Waals surface area contributed by atoms with Crippen molar-refractivity contribution in [2.75, 3.05) is 6.54 Å². The maximum absolute atomic E-state index is 13.0. The van der Waals surface area contributed by atoms with Gasteiger partial charge in [-0.3, -0.25) is 25.2 Å². The molecular formula is C21H24FN3O3S. The van der Waals surface area contributed by atoms with E-state index in [1.807, 2.05) is 0 Å². The number of carbonyl (C=O) groups is 3. The first-order chi connectivity index (χ1) is 14.0. The molecule has 154 valence electrons. The van der Waals surface area contributed by atoms with Crippen molar-refractivity contribution in [3.8, 4) is 10.4 Å². The molecule has 0 saturated heterocycles. The zero-order valence-corrected chi connectivity index (χ0v) is 16.8. The third-order valence-electron chi connectivity index (χ3n) is 4.90. The Morgan fingerprint density at radius 1 is 0.966 bits per heavy atom. The molecule has 0 atom stereocenters. The minimum Gasteiger partial charge on any atom is -0.355 e. The van der Waals surface area contributed by atoms with Gasteiger partial charge in [-0.2, -0.15) is 0 Å². The van der Waals surface area contributed by atoms with Crippen LogP contribution in [0.3, 0.4) is 0 Å². The Balaban J connectivity index is 1.39. The Morgan fingerprint density at radius 3 is 2.41 bits per heavy atom. The molecule has 1 saturated carbocycles. The van der Waals surface area contributed by atoms with E-state index in [1.54, 1.807) is 24.3 Å². The van der Waals surface area contributed by atoms with Gasteiger partial charge in [-0.25, -0.2) is 4.39 Å². The molecule has 2 aromatic rings. The van der Waals surface area contributed by atoms with Gasteiger partial charge in [-0.1, -0.05) is 31.4 Å². The first-order valence-electron chi connectivity index (χ1n) is 9.75. The van der Waals surface area contributed by atoms with Crippen LogP contribution in [0.2, 0.25) is 0 Å². The Hall–Kier alpha value is -2.74. The van der Waals surface area contributed by atoms with Crippen molar-refractivity contribution in [1.82, 2.24) is 16.2 Å². The molecule has 0 radical (unpaired) electrons. The van der Waals surface area contributed by atoms with Crippen molar-refractivity contribution in [2.24, 2.45) is 5.92 Å². The highest BCUT2D eigenvalue weighted by molar-refractivity contribution is 7.17. The molecule has 0 bridgehead atoms. The smallest absolute Gasteiger partial charge is 0.279 e. The molecule has 3 N–H and O–H groups in total. The molecule has 8 heteroatoms. The average Bonchev–Trinajstić information content (AvgIpc) is 3.23. The van der Waals surface area contributed by atoms with Crippen LogP contribution in [-0.2, 0) is 9.59 Å². The van der Waals surface area contributed by atoms with Crippen LogP contribution < -0.4 is 16.2 Å². The van der Waals surface area contributed by atoms with Gasteiger partial charge in [0.25, 0.3) is 5.91 Å². The number of hydrazine groups is 1. The summed E-state index contributed by atoms with van der Waals surface area (Å²) in [4.78, 5) is 37.4. The van der Waals surface area contributed by atoms with Crippen LogP contribution in [0.4, 0.5) is 4.39 Å². The van der Waals surface area contributed by atoms with Crippen molar-refractivity contribution in [3.05, 3.63) is 47.1 Å². The molecule has 1 aliphatic rings. The van der Waals surface area contributed by atoms with Gasteiger partial charge in [0, 0.05) is 23.8 Å². The predicted octanol–water partition coefficient (Wildman–Crippen LogP) is 3.40. The topological polar surface area (TPSA) is 87.3 Å². The summed E-state index contributed by atoms with van der Waals surface area (Å²) < 4.78 is 13.0. The molecule has 1 fully saturated rings. The number of thiophene rings is 1. The third-order valence-corrected chi connectivity index (χ3v) is 6.03. The number of hydrogen-bond acceptors (Lipinski definition) is 4. The highest BCUT2D eigenvalue weighted by atomic mass is 32.1. The number of carbonyl (C=O) groups excluding carboxylic acids is 3. The molecule has 29 heavy (non-hydrogen) atoms. The molecule has 3 rings (SSSR count). The summed E-state index contributed by atoms with van der Waals surface area (Å²) in [7, 11) is 0. The summed E-state index contributed by atoms with van der Waals surface area (Å²) in [6.45, 7) is 0.241. The van der Waals surface area contributed by atoms with E-state index in [-0.39, 0.29) is 36.5 Å². The van der Waals surface area contributed by atoms with Crippen LogP contribution in [-0.4, -0.2) is 24.3 Å². The maximum Gasteiger partial charge on any atom is 0.279 e. The molecule has 3 amide bonds. The van der Waals surface area contributed by atoms with Gasteiger partial charge in [0.1, 0.15) is 5.82 Å². The Labute approximate surface area is 172 Å². The monoisotopic (exact) mass is 417 g/mol. The normalized spacial score (nSPS) is 14.2. The lowest BCUT2D eigenvalue weighted by Gasteiger charge is -2.20. The molecule has 6 nitrogen and oxygen atoms in total. The zero-order chi connectivity index (χ0) is 20.6. The quantitative estimate of drug-likeness (QED) is 0.630. The van der Waals surface area contributed by atoms with Crippen LogP contribution in [0.5, 0.6) is 0 Å². The maximum atomic E-state index is 13.0. The fourth-order valence-corrected chi connectivity index (χ4v) is 4.19. The SMILES string of the molecule is O=C(CCNC(=O)C1CCCCC1)NNC(=O)c1ccc(-c2ccc(F)cc2)s1. The van der Waals surface area contributed by atoms with Crippen LogP contribution in [0.1, 0.15) is 48.2 Å². The Kier molecular flexibility index (Phi) is 7.35. The Bertz CT molecular complexity index is 860. The van der Waals surface area contributed by atoms with Crippen molar-refractivity contribution in [1.29, 1.82) is 0 Å². The molecule has 0 spiro atoms. The lowest BCUT2D eigenvalue weighted by Crippen LogP contribution is -2.43. The van der Waals surface area contributed by atoms with E-state index in [0.29, 0.717) is 4.88 Å². The lowest BCUT2D eigenvalue weighted by molar-refractivity contribution is -0.126. The molecular weight excluding hydrogens is 393 g/mol. The van der Waals surface area contributed by atoms with E-state index >= 15 is 0 Å². The van der Waals surface area contributed by atoms with Gasteiger partial charge < -0.3 is 5.32 Å². The molecule has 1 heterocycles. The highest BCUT2D eigenvalue weighted by Crippen LogP contribution is 2.28. The summed E-state index contributed by atoms with van der Waals surface area (Å²) in [6.07, 6.45) is 5.25. The number of benzene rings is 1.